The first-order valence-corrected chi connectivity index (χ1v) is 14.9. The van der Waals surface area contributed by atoms with E-state index in [9.17, 15) is 4.21 Å². The zero-order valence-electron chi connectivity index (χ0n) is 21.5. The molecule has 8 nitrogen and oxygen atoms in total. The molecule has 0 radical (unpaired) electrons. The summed E-state index contributed by atoms with van der Waals surface area (Å²) in [7, 11) is -2.70. The third-order valence-electron chi connectivity index (χ3n) is 6.57. The van der Waals surface area contributed by atoms with Crippen molar-refractivity contribution in [2.75, 3.05) is 41.8 Å². The Bertz CT molecular complexity index is 1440. The molecule has 1 aliphatic heterocycles. The minimum absolute atomic E-state index is 0.335. The lowest BCUT2D eigenvalue weighted by molar-refractivity contribution is 0.342. The number of nitrogens with one attached hydrogen (secondary N) is 3. The predicted octanol–water partition coefficient (Wildman–Crippen LogP) is 5.77. The number of hydrogen-bond donors (Lipinski definition) is 3. The van der Waals surface area contributed by atoms with E-state index in [1.165, 1.54) is 11.8 Å². The van der Waals surface area contributed by atoms with Crippen LogP contribution in [0.5, 0.6) is 5.75 Å². The molecule has 0 bridgehead atoms. The van der Waals surface area contributed by atoms with Gasteiger partial charge < -0.3 is 20.3 Å². The fourth-order valence-corrected chi connectivity index (χ4v) is 5.87. The first kappa shape index (κ1) is 26.3. The van der Waals surface area contributed by atoms with Crippen LogP contribution in [-0.4, -0.2) is 46.3 Å². The molecule has 2 aliphatic rings. The van der Waals surface area contributed by atoms with E-state index in [2.05, 4.69) is 42.7 Å². The minimum atomic E-state index is -2.70. The molecule has 1 atom stereocenters. The quantitative estimate of drug-likeness (QED) is 0.205. The van der Waals surface area contributed by atoms with Crippen molar-refractivity contribution in [2.24, 2.45) is 5.92 Å². The van der Waals surface area contributed by atoms with Crippen LogP contribution in [0.1, 0.15) is 26.2 Å². The van der Waals surface area contributed by atoms with Gasteiger partial charge in [0, 0.05) is 31.4 Å². The van der Waals surface area contributed by atoms with Crippen LogP contribution < -0.4 is 25.0 Å². The lowest BCUT2D eigenvalue weighted by atomic mass is 10.2. The van der Waals surface area contributed by atoms with Gasteiger partial charge in [0.1, 0.15) is 10.8 Å². The van der Waals surface area contributed by atoms with Crippen molar-refractivity contribution < 1.29 is 8.95 Å². The third-order valence-corrected chi connectivity index (χ3v) is 8.54. The van der Waals surface area contributed by atoms with E-state index in [0.717, 1.165) is 43.7 Å². The zero-order valence-corrected chi connectivity index (χ0v) is 23.1. The number of ether oxygens (including phenoxy) is 1. The van der Waals surface area contributed by atoms with E-state index in [1.54, 1.807) is 6.07 Å². The summed E-state index contributed by atoms with van der Waals surface area (Å²) in [6.45, 7) is 9.06. The Morgan fingerprint density at radius 3 is 2.74 bits per heavy atom. The minimum Gasteiger partial charge on any atom is -0.492 e. The molecule has 2 aromatic carbocycles. The maximum absolute atomic E-state index is 13.4. The number of para-hydroxylation sites is 1. The van der Waals surface area contributed by atoms with Crippen LogP contribution in [0.25, 0.3) is 0 Å². The van der Waals surface area contributed by atoms with Crippen LogP contribution in [0.2, 0.25) is 5.02 Å². The maximum atomic E-state index is 13.4. The summed E-state index contributed by atoms with van der Waals surface area (Å²) in [5.41, 5.74) is 3.68. The summed E-state index contributed by atoms with van der Waals surface area (Å²) in [6, 6.07) is 13.4. The van der Waals surface area contributed by atoms with Gasteiger partial charge in [-0.1, -0.05) is 35.9 Å². The summed E-state index contributed by atoms with van der Waals surface area (Å²) >= 11 is 6.46. The molecule has 0 spiro atoms. The molecule has 200 valence electrons. The Labute approximate surface area is 229 Å². The summed E-state index contributed by atoms with van der Waals surface area (Å²) in [5.74, 6) is 6.00. The Balaban J connectivity index is 1.37. The molecule has 1 saturated heterocycles. The van der Waals surface area contributed by atoms with Crippen LogP contribution in [0.3, 0.4) is 0 Å². The number of rotatable bonds is 11. The molecule has 5 rings (SSSR count). The van der Waals surface area contributed by atoms with Crippen LogP contribution in [0.15, 0.2) is 65.7 Å². The fraction of sp³-hybridized carbons (Fsp3) is 0.321. The van der Waals surface area contributed by atoms with Crippen molar-refractivity contribution in [2.45, 2.75) is 31.1 Å². The number of aromatic nitrogens is 2. The smallest absolute Gasteiger partial charge is 0.229 e. The Kier molecular flexibility index (Phi) is 7.78. The van der Waals surface area contributed by atoms with Crippen LogP contribution in [0, 0.1) is 5.92 Å². The van der Waals surface area contributed by atoms with Gasteiger partial charge in [-0.3, -0.25) is 0 Å². The van der Waals surface area contributed by atoms with Gasteiger partial charge in [0.25, 0.3) is 0 Å². The summed E-state index contributed by atoms with van der Waals surface area (Å²) in [4.78, 5) is 11.8. The monoisotopic (exact) mass is 552 g/mol. The maximum Gasteiger partial charge on any atom is 0.229 e. The molecule has 2 heterocycles. The van der Waals surface area contributed by atoms with Gasteiger partial charge in [-0.2, -0.15) is 4.98 Å². The number of halogens is 1. The predicted molar refractivity (Wildman–Crippen MR) is 158 cm³/mol. The highest BCUT2D eigenvalue weighted by Crippen LogP contribution is 2.35. The Morgan fingerprint density at radius 2 is 2.00 bits per heavy atom. The summed E-state index contributed by atoms with van der Waals surface area (Å²) in [6.07, 6.45) is 4.85. The standard InChI is InChI=1S/C28H33ClN6O2S/c1-4-37-25-15-21(35-14-13-19(2)18-35)11-12-23(25)33-28-30-17-22(29)27(34-28)32-24-7-5-6-8-26(24)38(3,36)31-16-20-9-10-20/h5-8,11-12,15,17,20H,2-4,9-10,13-14,16,18H2,1H3,(H,31,36)(H2,30,32,33,34). The van der Waals surface area contributed by atoms with Crippen LogP contribution in [0.4, 0.5) is 28.8 Å². The van der Waals surface area contributed by atoms with Gasteiger partial charge in [-0.25, -0.2) is 13.9 Å². The second-order valence-corrected chi connectivity index (χ2v) is 12.1. The molecule has 3 N–H and O–H groups in total. The normalized spacial score (nSPS) is 16.8. The topological polar surface area (TPSA) is 91.4 Å². The summed E-state index contributed by atoms with van der Waals surface area (Å²) in [5, 5.41) is 6.83. The van der Waals surface area contributed by atoms with Crippen LogP contribution in [-0.2, 0) is 9.71 Å². The molecule has 3 aromatic rings. The first-order chi connectivity index (χ1) is 18.3. The highest BCUT2D eigenvalue weighted by Gasteiger charge is 2.23. The van der Waals surface area contributed by atoms with Crippen molar-refractivity contribution in [3.63, 3.8) is 0 Å². The second-order valence-electron chi connectivity index (χ2n) is 9.64. The third kappa shape index (κ3) is 6.23. The van der Waals surface area contributed by atoms with Crippen molar-refractivity contribution in [3.8, 4) is 5.75 Å². The second kappa shape index (κ2) is 11.2. The average Bonchev–Trinajstić information content (AvgIpc) is 3.64. The molecule has 1 saturated carbocycles. The Morgan fingerprint density at radius 1 is 1.18 bits per heavy atom. The number of nitrogens with zero attached hydrogens (tertiary/aromatic N) is 3. The fourth-order valence-electron chi connectivity index (χ4n) is 4.30. The first-order valence-electron chi connectivity index (χ1n) is 12.8. The van der Waals surface area contributed by atoms with Gasteiger partial charge in [0.05, 0.1) is 38.8 Å². The van der Waals surface area contributed by atoms with E-state index >= 15 is 0 Å². The van der Waals surface area contributed by atoms with Crippen molar-refractivity contribution in [3.05, 3.63) is 65.8 Å². The Hall–Kier alpha value is -3.27. The molecule has 0 amide bonds. The van der Waals surface area contributed by atoms with E-state index in [0.29, 0.717) is 52.2 Å². The number of anilines is 5. The van der Waals surface area contributed by atoms with Gasteiger partial charge in [0.15, 0.2) is 5.82 Å². The van der Waals surface area contributed by atoms with Crippen molar-refractivity contribution in [1.29, 1.82) is 0 Å². The lowest BCUT2D eigenvalue weighted by Crippen LogP contribution is -2.26. The highest BCUT2D eigenvalue weighted by atomic mass is 35.5. The van der Waals surface area contributed by atoms with Crippen molar-refractivity contribution >= 4 is 56.0 Å². The molecule has 38 heavy (non-hydrogen) atoms. The highest BCUT2D eigenvalue weighted by molar-refractivity contribution is 7.98. The van der Waals surface area contributed by atoms with E-state index in [4.69, 9.17) is 16.3 Å². The van der Waals surface area contributed by atoms with Crippen molar-refractivity contribution in [1.82, 2.24) is 14.7 Å². The molecule has 1 unspecified atom stereocenters. The van der Waals surface area contributed by atoms with E-state index in [1.807, 2.05) is 43.3 Å². The number of hydrogen-bond acceptors (Lipinski definition) is 7. The van der Waals surface area contributed by atoms with E-state index < -0.39 is 9.71 Å². The lowest BCUT2D eigenvalue weighted by Gasteiger charge is -2.20. The molecule has 10 heteroatoms. The van der Waals surface area contributed by atoms with E-state index in [-0.39, 0.29) is 0 Å². The van der Waals surface area contributed by atoms with Gasteiger partial charge in [0.2, 0.25) is 5.95 Å². The number of benzene rings is 2. The molecule has 1 aromatic heterocycles. The zero-order chi connectivity index (χ0) is 26.7. The van der Waals surface area contributed by atoms with Gasteiger partial charge >= 0.3 is 0 Å². The molecule has 2 fully saturated rings. The van der Waals surface area contributed by atoms with Crippen LogP contribution >= 0.6 is 11.6 Å². The average molecular weight is 553 g/mol. The van der Waals surface area contributed by atoms with Gasteiger partial charge in [-0.15, -0.1) is 0 Å². The van der Waals surface area contributed by atoms with Gasteiger partial charge in [-0.05, 0) is 62.2 Å². The molecular weight excluding hydrogens is 520 g/mol. The SMILES string of the molecule is C=C1CCN(c2ccc(Nc3ncc(Cl)c(Nc4ccccc4S(=C)(=O)NCC4CC4)n3)c(OCC)c2)C1. The molecule has 1 aliphatic carbocycles. The molecular formula is C28H33ClN6O2S. The summed E-state index contributed by atoms with van der Waals surface area (Å²) < 4.78 is 22.5. The largest absolute Gasteiger partial charge is 0.492 e.